The molecule has 10 heteroatoms. The third-order valence-corrected chi connectivity index (χ3v) is 24.4. The average Bonchev–Trinajstić information content (AvgIpc) is 1.58. The van der Waals surface area contributed by atoms with Crippen molar-refractivity contribution in [2.24, 2.45) is 0 Å². The highest BCUT2D eigenvalue weighted by Gasteiger charge is 2.52. The van der Waals surface area contributed by atoms with Gasteiger partial charge in [0.05, 0.1) is 44.3 Å². The Morgan fingerprint density at radius 3 is 1.11 bits per heavy atom. The first kappa shape index (κ1) is 63.6. The van der Waals surface area contributed by atoms with E-state index in [2.05, 4.69) is 402 Å². The number of hydrogen-bond acceptors (Lipinski definition) is 4. The van der Waals surface area contributed by atoms with Gasteiger partial charge < -0.3 is 27.6 Å². The lowest BCUT2D eigenvalue weighted by molar-refractivity contribution is 0.00578. The summed E-state index contributed by atoms with van der Waals surface area (Å²) in [7, 11) is -0.345. The third-order valence-electron chi connectivity index (χ3n) is 21.3. The zero-order valence-electron chi connectivity index (χ0n) is 57.7. The second kappa shape index (κ2) is 25.6. The minimum atomic E-state index is -0.345. The fraction of sp³-hybridized carbons (Fsp3) is 0.0638. The van der Waals surface area contributed by atoms with Crippen LogP contribution in [0.4, 0.5) is 0 Å². The highest BCUT2D eigenvalue weighted by Crippen LogP contribution is 2.48. The van der Waals surface area contributed by atoms with Crippen LogP contribution in [-0.2, 0) is 9.31 Å². The molecule has 0 radical (unpaired) electrons. The maximum absolute atomic E-state index is 6.35. The summed E-state index contributed by atoms with van der Waals surface area (Å²) in [4.78, 5) is 0. The van der Waals surface area contributed by atoms with Crippen LogP contribution in [-0.4, -0.2) is 36.6 Å². The van der Waals surface area contributed by atoms with Crippen LogP contribution in [0.15, 0.2) is 344 Å². The van der Waals surface area contributed by atoms with Gasteiger partial charge in [-0.3, -0.25) is 0 Å². The van der Waals surface area contributed by atoms with E-state index in [1.54, 1.807) is 0 Å². The van der Waals surface area contributed by atoms with Crippen LogP contribution >= 0.6 is 38.6 Å². The van der Waals surface area contributed by atoms with Crippen molar-refractivity contribution in [2.75, 3.05) is 0 Å². The molecular weight excluding hydrogens is 1370 g/mol. The summed E-state index contributed by atoms with van der Waals surface area (Å²) in [6, 6.07) is 118. The Hall–Kier alpha value is -11.3. The van der Waals surface area contributed by atoms with Gasteiger partial charge in [-0.15, -0.1) is 22.7 Å². The second-order valence-electron chi connectivity index (χ2n) is 27.9. The largest absolute Gasteiger partial charge is 0.496 e. The molecule has 0 atom stereocenters. The first-order valence-corrected chi connectivity index (χ1v) is 37.8. The first-order chi connectivity index (χ1) is 51.0. The molecular formula is C94H68BBrN4O2S2. The molecule has 21 rings (SSSR count). The molecule has 0 saturated carbocycles. The van der Waals surface area contributed by atoms with Crippen molar-refractivity contribution in [1.29, 1.82) is 0 Å². The van der Waals surface area contributed by atoms with Crippen molar-refractivity contribution in [3.8, 4) is 56.1 Å². The number of hydrogen-bond donors (Lipinski definition) is 0. The molecule has 6 aromatic heterocycles. The van der Waals surface area contributed by atoms with Gasteiger partial charge in [-0.05, 0) is 170 Å². The van der Waals surface area contributed by atoms with Crippen molar-refractivity contribution in [1.82, 2.24) is 18.3 Å². The Labute approximate surface area is 619 Å². The number of para-hydroxylation sites is 4. The summed E-state index contributed by atoms with van der Waals surface area (Å²) >= 11 is 7.40. The summed E-state index contributed by atoms with van der Waals surface area (Å²) in [6.45, 7) is 8.41. The smallest absolute Gasteiger partial charge is 0.399 e. The second-order valence-corrected chi connectivity index (χ2v) is 30.8. The number of aromatic nitrogens is 4. The highest BCUT2D eigenvalue weighted by molar-refractivity contribution is 9.10. The van der Waals surface area contributed by atoms with Crippen LogP contribution in [0.3, 0.4) is 0 Å². The summed E-state index contributed by atoms with van der Waals surface area (Å²) < 4.78 is 28.4. The van der Waals surface area contributed by atoms with Crippen LogP contribution in [0.1, 0.15) is 27.7 Å². The molecule has 0 spiro atoms. The maximum Gasteiger partial charge on any atom is 0.496 e. The lowest BCUT2D eigenvalue weighted by Crippen LogP contribution is -2.41. The molecule has 1 saturated heterocycles. The molecule has 0 aliphatic carbocycles. The van der Waals surface area contributed by atoms with Crippen molar-refractivity contribution < 1.29 is 9.31 Å². The van der Waals surface area contributed by atoms with Crippen LogP contribution in [0.25, 0.3) is 162 Å². The summed E-state index contributed by atoms with van der Waals surface area (Å²) in [5, 5.41) is 12.7. The van der Waals surface area contributed by atoms with Crippen LogP contribution in [0.5, 0.6) is 0 Å². The zero-order chi connectivity index (χ0) is 69.8. The molecule has 1 fully saturated rings. The summed E-state index contributed by atoms with van der Waals surface area (Å²) in [6.07, 6.45) is 4.37. The molecule has 0 N–H and O–H groups in total. The Morgan fingerprint density at radius 1 is 0.288 bits per heavy atom. The molecule has 20 aromatic rings. The number of nitrogens with zero attached hydrogens (tertiary/aromatic N) is 4. The molecule has 498 valence electrons. The van der Waals surface area contributed by atoms with E-state index in [-0.39, 0.29) is 18.3 Å². The number of rotatable bonds is 8. The van der Waals surface area contributed by atoms with Gasteiger partial charge in [0, 0.05) is 112 Å². The lowest BCUT2D eigenvalue weighted by Gasteiger charge is -2.32. The average molecular weight is 1440 g/mol. The SMILES string of the molecule is Brc1ccc2c(c1)c1ccc3c(ccn3-c3ccccc3)c1n2-c1ccccc1.CC1(C)OB(c2cccc3c2sc2c(-c4ccccc4)cccc23)OC1(C)C.c1ccc(-c2cccc3c2sc2c(-c4ccc5c(c4)c4ccc6c(ccn6-c6ccccc6)c4n5-c4ccccc4)cccc23)cc1. The van der Waals surface area contributed by atoms with E-state index >= 15 is 0 Å². The lowest BCUT2D eigenvalue weighted by atomic mass is 9.78. The number of fused-ring (bicyclic) bond motifs is 16. The monoisotopic (exact) mass is 1440 g/mol. The van der Waals surface area contributed by atoms with Gasteiger partial charge in [0.15, 0.2) is 0 Å². The van der Waals surface area contributed by atoms with Gasteiger partial charge in [0.1, 0.15) is 0 Å². The van der Waals surface area contributed by atoms with Crippen molar-refractivity contribution in [2.45, 2.75) is 38.9 Å². The molecule has 6 nitrogen and oxygen atoms in total. The number of benzene rings is 14. The Morgan fingerprint density at radius 2 is 0.654 bits per heavy atom. The third kappa shape index (κ3) is 10.6. The van der Waals surface area contributed by atoms with E-state index in [9.17, 15) is 0 Å². The fourth-order valence-corrected chi connectivity index (χ4v) is 18.7. The molecule has 1 aliphatic heterocycles. The number of halogens is 1. The van der Waals surface area contributed by atoms with E-state index < -0.39 is 0 Å². The predicted molar refractivity (Wildman–Crippen MR) is 447 cm³/mol. The van der Waals surface area contributed by atoms with Gasteiger partial charge in [-0.1, -0.05) is 240 Å². The van der Waals surface area contributed by atoms with E-state index in [0.717, 1.165) is 9.94 Å². The highest BCUT2D eigenvalue weighted by atomic mass is 79.9. The van der Waals surface area contributed by atoms with Crippen LogP contribution in [0.2, 0.25) is 0 Å². The molecule has 0 amide bonds. The summed E-state index contributed by atoms with van der Waals surface area (Å²) in [5.41, 5.74) is 20.0. The van der Waals surface area contributed by atoms with Gasteiger partial charge in [0.25, 0.3) is 0 Å². The Kier molecular flexibility index (Phi) is 15.6. The van der Waals surface area contributed by atoms with Gasteiger partial charge in [0.2, 0.25) is 0 Å². The van der Waals surface area contributed by atoms with Crippen LogP contribution in [0, 0.1) is 0 Å². The molecule has 1 aliphatic rings. The normalized spacial score (nSPS) is 13.5. The van der Waals surface area contributed by atoms with E-state index in [1.807, 2.05) is 22.7 Å². The summed E-state index contributed by atoms with van der Waals surface area (Å²) in [5.74, 6) is 0. The minimum absolute atomic E-state index is 0.342. The molecule has 104 heavy (non-hydrogen) atoms. The van der Waals surface area contributed by atoms with E-state index in [0.29, 0.717) is 0 Å². The first-order valence-electron chi connectivity index (χ1n) is 35.4. The Balaban J connectivity index is 0.000000113. The van der Waals surface area contributed by atoms with Crippen molar-refractivity contribution in [3.05, 3.63) is 344 Å². The van der Waals surface area contributed by atoms with Crippen molar-refractivity contribution in [3.63, 3.8) is 0 Å². The van der Waals surface area contributed by atoms with Crippen molar-refractivity contribution >= 4 is 157 Å². The van der Waals surface area contributed by atoms with Gasteiger partial charge >= 0.3 is 7.12 Å². The Bertz CT molecular complexity index is 6660. The van der Waals surface area contributed by atoms with E-state index in [1.165, 1.54) is 162 Å². The van der Waals surface area contributed by atoms with Gasteiger partial charge in [-0.2, -0.15) is 0 Å². The maximum atomic E-state index is 6.35. The van der Waals surface area contributed by atoms with Gasteiger partial charge in [-0.25, -0.2) is 0 Å². The molecule has 14 aromatic carbocycles. The molecule has 0 unspecified atom stereocenters. The minimum Gasteiger partial charge on any atom is -0.399 e. The topological polar surface area (TPSA) is 38.2 Å². The standard InChI is InChI=1S/C44H28N2S.C26H17BrN2.C24H23BO2S/c1-4-12-29(13-5-1)33-18-10-20-36-37-21-11-19-34(44(37)47-43(33)36)30-22-24-41-39(28-30)35-23-25-40-38(26-27-45(40)31-14-6-2-7-15-31)42(35)46(41)32-16-8-3-9-17-32;27-18-11-13-25-23(17-18)21-12-14-24-22(15-16-28(24)19-7-3-1-4-8-19)26(21)29(25)20-9-5-2-6-10-20;1-23(2)24(3,4)27-25(26-23)20-15-9-14-19-18-13-8-12-17(21(18)28-22(19)20)16-10-6-5-7-11-16/h1-28H;1-17H;5-15H,1-4H3. The molecule has 7 heterocycles. The zero-order valence-corrected chi connectivity index (χ0v) is 60.9. The van der Waals surface area contributed by atoms with Crippen LogP contribution < -0.4 is 5.46 Å². The predicted octanol–water partition coefficient (Wildman–Crippen LogP) is 25.9. The molecule has 0 bridgehead atoms. The fourth-order valence-electron chi connectivity index (χ4n) is 15.6. The van der Waals surface area contributed by atoms with E-state index in [4.69, 9.17) is 9.31 Å². The quantitative estimate of drug-likeness (QED) is 0.142. The number of thiophene rings is 2.